The molecule has 0 spiro atoms. The van der Waals surface area contributed by atoms with Crippen LogP contribution in [0.1, 0.15) is 31.7 Å². The average Bonchev–Trinajstić information content (AvgIpc) is 2.83. The molecule has 9 nitrogen and oxygen atoms in total. The van der Waals surface area contributed by atoms with Gasteiger partial charge in [-0.3, -0.25) is 14.3 Å². The fourth-order valence-electron chi connectivity index (χ4n) is 5.11. The van der Waals surface area contributed by atoms with Crippen molar-refractivity contribution in [2.45, 2.75) is 37.8 Å². The first-order valence-electron chi connectivity index (χ1n) is 11.5. The number of hydrogen-bond donors (Lipinski definition) is 1. The van der Waals surface area contributed by atoms with Crippen LogP contribution < -0.4 is 20.7 Å². The Morgan fingerprint density at radius 1 is 1.06 bits per heavy atom. The van der Waals surface area contributed by atoms with Gasteiger partial charge in [0.1, 0.15) is 11.3 Å². The molecule has 2 heterocycles. The molecule has 5 rings (SSSR count). The minimum Gasteiger partial charge on any atom is -0.494 e. The first-order valence-corrected chi connectivity index (χ1v) is 13.8. The SMILES string of the molecule is COc1cccc2c1ncc1c(=O)n(-c3cccc(Cl)c3)c(=O)n(C3CCC(NS(C)(=O)=O)CC3)c12. The number of pyridine rings is 1. The number of ether oxygens (including phenoxy) is 1. The van der Waals surface area contributed by atoms with Crippen molar-refractivity contribution in [2.75, 3.05) is 13.4 Å². The Balaban J connectivity index is 1.78. The minimum atomic E-state index is -3.34. The van der Waals surface area contributed by atoms with E-state index in [-0.39, 0.29) is 12.1 Å². The third-order valence-electron chi connectivity index (χ3n) is 6.63. The first-order chi connectivity index (χ1) is 17.2. The molecule has 1 aliphatic rings. The van der Waals surface area contributed by atoms with Crippen molar-refractivity contribution in [1.29, 1.82) is 0 Å². The van der Waals surface area contributed by atoms with Gasteiger partial charge in [-0.05, 0) is 49.9 Å². The highest BCUT2D eigenvalue weighted by atomic mass is 35.5. The fraction of sp³-hybridized carbons (Fsp3) is 0.320. The maximum Gasteiger partial charge on any atom is 0.336 e. The van der Waals surface area contributed by atoms with Gasteiger partial charge >= 0.3 is 5.69 Å². The van der Waals surface area contributed by atoms with E-state index >= 15 is 0 Å². The molecule has 0 radical (unpaired) electrons. The van der Waals surface area contributed by atoms with Gasteiger partial charge in [-0.15, -0.1) is 0 Å². The third kappa shape index (κ3) is 4.40. The molecule has 1 saturated carbocycles. The lowest BCUT2D eigenvalue weighted by atomic mass is 9.91. The first kappa shape index (κ1) is 24.5. The predicted molar refractivity (Wildman–Crippen MR) is 140 cm³/mol. The van der Waals surface area contributed by atoms with E-state index in [9.17, 15) is 18.0 Å². The highest BCUT2D eigenvalue weighted by Crippen LogP contribution is 2.34. The number of hydrogen-bond acceptors (Lipinski definition) is 6. The van der Waals surface area contributed by atoms with Crippen molar-refractivity contribution in [3.05, 3.63) is 74.5 Å². The zero-order valence-electron chi connectivity index (χ0n) is 19.8. The number of nitrogens with one attached hydrogen (secondary N) is 1. The van der Waals surface area contributed by atoms with Gasteiger partial charge in [0.05, 0.1) is 30.0 Å². The van der Waals surface area contributed by atoms with Crippen molar-refractivity contribution in [3.8, 4) is 11.4 Å². The van der Waals surface area contributed by atoms with Crippen molar-refractivity contribution in [3.63, 3.8) is 0 Å². The lowest BCUT2D eigenvalue weighted by molar-refractivity contribution is 0.308. The van der Waals surface area contributed by atoms with Crippen LogP contribution in [-0.2, 0) is 10.0 Å². The van der Waals surface area contributed by atoms with Crippen molar-refractivity contribution in [2.24, 2.45) is 0 Å². The molecule has 11 heteroatoms. The summed E-state index contributed by atoms with van der Waals surface area (Å²) < 4.78 is 34.4. The summed E-state index contributed by atoms with van der Waals surface area (Å²) in [6.07, 6.45) is 4.87. The van der Waals surface area contributed by atoms with Gasteiger partial charge < -0.3 is 4.74 Å². The van der Waals surface area contributed by atoms with E-state index in [1.54, 1.807) is 48.1 Å². The molecule has 2 aromatic heterocycles. The van der Waals surface area contributed by atoms with E-state index < -0.39 is 21.3 Å². The van der Waals surface area contributed by atoms with E-state index in [0.717, 1.165) is 10.8 Å². The topological polar surface area (TPSA) is 112 Å². The Hall–Kier alpha value is -3.21. The number of nitrogens with zero attached hydrogens (tertiary/aromatic N) is 3. The summed E-state index contributed by atoms with van der Waals surface area (Å²) in [5.41, 5.74) is 0.439. The molecule has 0 unspecified atom stereocenters. The van der Waals surface area contributed by atoms with Crippen LogP contribution in [0.4, 0.5) is 0 Å². The maximum atomic E-state index is 14.0. The van der Waals surface area contributed by atoms with Crippen LogP contribution >= 0.6 is 11.6 Å². The predicted octanol–water partition coefficient (Wildman–Crippen LogP) is 3.40. The summed E-state index contributed by atoms with van der Waals surface area (Å²) in [6.45, 7) is 0. The van der Waals surface area contributed by atoms with Crippen LogP contribution in [0.2, 0.25) is 5.02 Å². The zero-order valence-corrected chi connectivity index (χ0v) is 21.3. The van der Waals surface area contributed by atoms with E-state index in [1.807, 2.05) is 6.07 Å². The summed E-state index contributed by atoms with van der Waals surface area (Å²) in [4.78, 5) is 32.2. The molecule has 1 aliphatic carbocycles. The molecule has 0 amide bonds. The van der Waals surface area contributed by atoms with Crippen LogP contribution in [0.15, 0.2) is 58.3 Å². The summed E-state index contributed by atoms with van der Waals surface area (Å²) in [5.74, 6) is 0.536. The number of halogens is 1. The second-order valence-electron chi connectivity index (χ2n) is 9.05. The molecular weight excluding hydrogens is 504 g/mol. The summed E-state index contributed by atoms with van der Waals surface area (Å²) in [7, 11) is -1.79. The van der Waals surface area contributed by atoms with Crippen LogP contribution in [0.25, 0.3) is 27.5 Å². The number of aromatic nitrogens is 3. The standard InChI is InChI=1S/C25H25ClN4O5S/c1-35-21-8-4-7-19-22(21)27-14-20-23(19)29(17-11-9-16(10-12-17)28-36(2,33)34)25(32)30(24(20)31)18-6-3-5-15(26)13-18/h3-8,13-14,16-17,28H,9-12H2,1-2H3. The number of para-hydroxylation sites is 1. The number of fused-ring (bicyclic) bond motifs is 3. The van der Waals surface area contributed by atoms with Crippen LogP contribution in [0, 0.1) is 0 Å². The molecule has 0 aliphatic heterocycles. The summed E-state index contributed by atoms with van der Waals surface area (Å²) >= 11 is 6.18. The molecule has 0 atom stereocenters. The molecule has 1 N–H and O–H groups in total. The smallest absolute Gasteiger partial charge is 0.336 e. The van der Waals surface area contributed by atoms with E-state index in [2.05, 4.69) is 9.71 Å². The second-order valence-corrected chi connectivity index (χ2v) is 11.3. The number of methoxy groups -OCH3 is 1. The lowest BCUT2D eigenvalue weighted by Gasteiger charge is -2.31. The second kappa shape index (κ2) is 9.34. The zero-order chi connectivity index (χ0) is 25.6. The maximum absolute atomic E-state index is 14.0. The Morgan fingerprint density at radius 2 is 1.78 bits per heavy atom. The molecule has 188 valence electrons. The van der Waals surface area contributed by atoms with Crippen LogP contribution in [0.3, 0.4) is 0 Å². The number of benzene rings is 2. The molecule has 36 heavy (non-hydrogen) atoms. The molecule has 2 aromatic carbocycles. The van der Waals surface area contributed by atoms with E-state index in [1.165, 1.54) is 6.20 Å². The third-order valence-corrected chi connectivity index (χ3v) is 7.63. The van der Waals surface area contributed by atoms with Gasteiger partial charge in [0.15, 0.2) is 0 Å². The lowest BCUT2D eigenvalue weighted by Crippen LogP contribution is -2.43. The molecule has 1 fully saturated rings. The minimum absolute atomic E-state index is 0.199. The van der Waals surface area contributed by atoms with Gasteiger partial charge in [0, 0.05) is 28.7 Å². The number of rotatable bonds is 5. The molecule has 0 bridgehead atoms. The largest absolute Gasteiger partial charge is 0.494 e. The Kier molecular flexibility index (Phi) is 6.36. The quantitative estimate of drug-likeness (QED) is 0.397. The molecule has 4 aromatic rings. The average molecular weight is 529 g/mol. The van der Waals surface area contributed by atoms with Gasteiger partial charge in [0.2, 0.25) is 10.0 Å². The number of sulfonamides is 1. The monoisotopic (exact) mass is 528 g/mol. The van der Waals surface area contributed by atoms with E-state index in [0.29, 0.717) is 63.9 Å². The summed E-state index contributed by atoms with van der Waals surface area (Å²) in [6, 6.07) is 11.5. The Morgan fingerprint density at radius 3 is 2.44 bits per heavy atom. The Labute approximate surface area is 212 Å². The van der Waals surface area contributed by atoms with Gasteiger partial charge in [-0.25, -0.2) is 22.5 Å². The van der Waals surface area contributed by atoms with Crippen LogP contribution in [-0.4, -0.2) is 41.9 Å². The highest BCUT2D eigenvalue weighted by Gasteiger charge is 2.28. The molecule has 0 saturated heterocycles. The van der Waals surface area contributed by atoms with Gasteiger partial charge in [-0.1, -0.05) is 29.8 Å². The van der Waals surface area contributed by atoms with Gasteiger partial charge in [-0.2, -0.15) is 0 Å². The highest BCUT2D eigenvalue weighted by molar-refractivity contribution is 7.88. The van der Waals surface area contributed by atoms with Crippen molar-refractivity contribution < 1.29 is 13.2 Å². The van der Waals surface area contributed by atoms with E-state index in [4.69, 9.17) is 16.3 Å². The molecular formula is C25H25ClN4O5S. The normalized spacial score (nSPS) is 18.5. The van der Waals surface area contributed by atoms with Crippen molar-refractivity contribution >= 4 is 43.4 Å². The summed E-state index contributed by atoms with van der Waals surface area (Å²) in [5, 5.41) is 1.33. The van der Waals surface area contributed by atoms with Crippen molar-refractivity contribution in [1.82, 2.24) is 18.8 Å². The van der Waals surface area contributed by atoms with Crippen LogP contribution in [0.5, 0.6) is 5.75 Å². The van der Waals surface area contributed by atoms with Gasteiger partial charge in [0.25, 0.3) is 5.56 Å². The fourth-order valence-corrected chi connectivity index (χ4v) is 6.14. The Bertz CT molecular complexity index is 1710.